The molecule has 2 heterocycles. The van der Waals surface area contributed by atoms with Gasteiger partial charge >= 0.3 is 0 Å². The van der Waals surface area contributed by atoms with Crippen molar-refractivity contribution in [2.45, 2.75) is 6.10 Å². The number of aromatic nitrogens is 1. The molecular formula is C10H9NO2. The van der Waals surface area contributed by atoms with Crippen molar-refractivity contribution < 1.29 is 9.52 Å². The number of rotatable bonds is 2. The van der Waals surface area contributed by atoms with Gasteiger partial charge in [0.2, 0.25) is 0 Å². The molecule has 0 aliphatic rings. The first-order valence-corrected chi connectivity index (χ1v) is 4.00. The first kappa shape index (κ1) is 8.01. The van der Waals surface area contributed by atoms with Crippen LogP contribution in [0.3, 0.4) is 0 Å². The van der Waals surface area contributed by atoms with E-state index in [1.807, 2.05) is 6.07 Å². The standard InChI is InChI=1S/C10H9NO2/c12-10(9-5-3-7-13-9)8-4-1-2-6-11-8/h1-7,10,12H. The molecule has 0 spiro atoms. The summed E-state index contributed by atoms with van der Waals surface area (Å²) >= 11 is 0. The molecule has 1 atom stereocenters. The highest BCUT2D eigenvalue weighted by atomic mass is 16.4. The van der Waals surface area contributed by atoms with Gasteiger partial charge in [-0.25, -0.2) is 0 Å². The zero-order valence-electron chi connectivity index (χ0n) is 6.92. The predicted molar refractivity (Wildman–Crippen MR) is 47.0 cm³/mol. The van der Waals surface area contributed by atoms with E-state index < -0.39 is 6.10 Å². The Bertz CT molecular complexity index is 356. The second-order valence-corrected chi connectivity index (χ2v) is 2.67. The van der Waals surface area contributed by atoms with Crippen molar-refractivity contribution in [2.75, 3.05) is 0 Å². The molecule has 0 fully saturated rings. The number of aliphatic hydroxyl groups excluding tert-OH is 1. The summed E-state index contributed by atoms with van der Waals surface area (Å²) in [5, 5.41) is 9.72. The molecule has 3 heteroatoms. The second kappa shape index (κ2) is 3.41. The van der Waals surface area contributed by atoms with E-state index in [1.54, 1.807) is 30.5 Å². The third-order valence-electron chi connectivity index (χ3n) is 1.78. The monoisotopic (exact) mass is 175 g/mol. The number of furan rings is 1. The molecule has 0 aliphatic carbocycles. The molecule has 0 radical (unpaired) electrons. The normalized spacial score (nSPS) is 12.7. The van der Waals surface area contributed by atoms with E-state index in [4.69, 9.17) is 4.42 Å². The van der Waals surface area contributed by atoms with Crippen molar-refractivity contribution in [2.24, 2.45) is 0 Å². The van der Waals surface area contributed by atoms with E-state index in [0.29, 0.717) is 11.5 Å². The van der Waals surface area contributed by atoms with Crippen LogP contribution in [-0.4, -0.2) is 10.1 Å². The Kier molecular flexibility index (Phi) is 2.10. The molecule has 1 N–H and O–H groups in total. The van der Waals surface area contributed by atoms with Crippen LogP contribution in [0.1, 0.15) is 17.6 Å². The largest absolute Gasteiger partial charge is 0.466 e. The zero-order chi connectivity index (χ0) is 9.10. The predicted octanol–water partition coefficient (Wildman–Crippen LogP) is 1.76. The quantitative estimate of drug-likeness (QED) is 0.756. The summed E-state index contributed by atoms with van der Waals surface area (Å²) in [7, 11) is 0. The first-order valence-electron chi connectivity index (χ1n) is 4.00. The fraction of sp³-hybridized carbons (Fsp3) is 0.100. The summed E-state index contributed by atoms with van der Waals surface area (Å²) < 4.78 is 5.06. The van der Waals surface area contributed by atoms with Crippen molar-refractivity contribution in [1.82, 2.24) is 4.98 Å². The van der Waals surface area contributed by atoms with Crippen LogP contribution in [0, 0.1) is 0 Å². The molecule has 13 heavy (non-hydrogen) atoms. The van der Waals surface area contributed by atoms with Crippen LogP contribution in [0.15, 0.2) is 47.2 Å². The van der Waals surface area contributed by atoms with E-state index in [2.05, 4.69) is 4.98 Å². The van der Waals surface area contributed by atoms with Gasteiger partial charge in [-0.15, -0.1) is 0 Å². The lowest BCUT2D eigenvalue weighted by Crippen LogP contribution is -1.99. The number of hydrogen-bond donors (Lipinski definition) is 1. The highest BCUT2D eigenvalue weighted by Gasteiger charge is 2.13. The Balaban J connectivity index is 2.29. The van der Waals surface area contributed by atoms with Crippen LogP contribution in [0.2, 0.25) is 0 Å². The van der Waals surface area contributed by atoms with Gasteiger partial charge in [-0.1, -0.05) is 6.07 Å². The molecule has 1 unspecified atom stereocenters. The molecule has 0 aliphatic heterocycles. The van der Waals surface area contributed by atoms with Crippen LogP contribution < -0.4 is 0 Å². The maximum absolute atomic E-state index is 9.72. The van der Waals surface area contributed by atoms with Crippen LogP contribution >= 0.6 is 0 Å². The van der Waals surface area contributed by atoms with E-state index in [-0.39, 0.29) is 0 Å². The molecule has 0 saturated heterocycles. The number of pyridine rings is 1. The minimum Gasteiger partial charge on any atom is -0.466 e. The lowest BCUT2D eigenvalue weighted by Gasteiger charge is -2.05. The minimum atomic E-state index is -0.767. The molecule has 0 amide bonds. The van der Waals surface area contributed by atoms with E-state index >= 15 is 0 Å². The van der Waals surface area contributed by atoms with Crippen LogP contribution in [0.25, 0.3) is 0 Å². The zero-order valence-corrected chi connectivity index (χ0v) is 6.92. The molecule has 2 aromatic heterocycles. The van der Waals surface area contributed by atoms with Crippen molar-refractivity contribution in [3.05, 3.63) is 54.2 Å². The van der Waals surface area contributed by atoms with Gasteiger partial charge in [0, 0.05) is 6.20 Å². The molecular weight excluding hydrogens is 166 g/mol. The summed E-state index contributed by atoms with van der Waals surface area (Å²) in [6.45, 7) is 0. The van der Waals surface area contributed by atoms with Gasteiger partial charge in [0.15, 0.2) is 6.10 Å². The van der Waals surface area contributed by atoms with Gasteiger partial charge in [0.25, 0.3) is 0 Å². The lowest BCUT2D eigenvalue weighted by molar-refractivity contribution is 0.185. The SMILES string of the molecule is OC(c1ccccn1)c1ccco1. The molecule has 3 nitrogen and oxygen atoms in total. The summed E-state index contributed by atoms with van der Waals surface area (Å²) in [6.07, 6.45) is 2.40. The maximum atomic E-state index is 9.72. The van der Waals surface area contributed by atoms with Crippen LogP contribution in [-0.2, 0) is 0 Å². The summed E-state index contributed by atoms with van der Waals surface area (Å²) in [6, 6.07) is 8.85. The molecule has 2 aromatic rings. The van der Waals surface area contributed by atoms with Crippen LogP contribution in [0.5, 0.6) is 0 Å². The van der Waals surface area contributed by atoms with Crippen molar-refractivity contribution >= 4 is 0 Å². The fourth-order valence-electron chi connectivity index (χ4n) is 1.13. The van der Waals surface area contributed by atoms with Gasteiger partial charge in [-0.05, 0) is 24.3 Å². The van der Waals surface area contributed by atoms with Crippen LogP contribution in [0.4, 0.5) is 0 Å². The maximum Gasteiger partial charge on any atom is 0.153 e. The van der Waals surface area contributed by atoms with Crippen molar-refractivity contribution in [3.8, 4) is 0 Å². The van der Waals surface area contributed by atoms with E-state index in [9.17, 15) is 5.11 Å². The smallest absolute Gasteiger partial charge is 0.153 e. The fourth-order valence-corrected chi connectivity index (χ4v) is 1.13. The Hall–Kier alpha value is -1.61. The van der Waals surface area contributed by atoms with E-state index in [1.165, 1.54) is 6.26 Å². The lowest BCUT2D eigenvalue weighted by atomic mass is 10.2. The Morgan fingerprint density at radius 3 is 2.77 bits per heavy atom. The third kappa shape index (κ3) is 1.60. The Morgan fingerprint density at radius 2 is 2.15 bits per heavy atom. The average Bonchev–Trinajstić information content (AvgIpc) is 2.71. The molecule has 0 aromatic carbocycles. The van der Waals surface area contributed by atoms with Crippen molar-refractivity contribution in [3.63, 3.8) is 0 Å². The summed E-state index contributed by atoms with van der Waals surface area (Å²) in [5.74, 6) is 0.513. The first-order chi connectivity index (χ1) is 6.38. The van der Waals surface area contributed by atoms with Crippen molar-refractivity contribution in [1.29, 1.82) is 0 Å². The molecule has 0 bridgehead atoms. The van der Waals surface area contributed by atoms with Gasteiger partial charge in [0.1, 0.15) is 5.76 Å². The number of hydrogen-bond acceptors (Lipinski definition) is 3. The molecule has 0 saturated carbocycles. The highest BCUT2D eigenvalue weighted by molar-refractivity contribution is 5.16. The van der Waals surface area contributed by atoms with Gasteiger partial charge < -0.3 is 9.52 Å². The van der Waals surface area contributed by atoms with Gasteiger partial charge in [-0.3, -0.25) is 4.98 Å². The topological polar surface area (TPSA) is 46.3 Å². The summed E-state index contributed by atoms with van der Waals surface area (Å²) in [5.41, 5.74) is 0.595. The molecule has 2 rings (SSSR count). The number of nitrogens with zero attached hydrogens (tertiary/aromatic N) is 1. The highest BCUT2D eigenvalue weighted by Crippen LogP contribution is 2.19. The Labute approximate surface area is 75.7 Å². The van der Waals surface area contributed by atoms with Gasteiger partial charge in [-0.2, -0.15) is 0 Å². The van der Waals surface area contributed by atoms with E-state index in [0.717, 1.165) is 0 Å². The Morgan fingerprint density at radius 1 is 1.23 bits per heavy atom. The summed E-state index contributed by atoms with van der Waals surface area (Å²) in [4.78, 5) is 4.02. The third-order valence-corrected chi connectivity index (χ3v) is 1.78. The minimum absolute atomic E-state index is 0.513. The molecule has 66 valence electrons. The second-order valence-electron chi connectivity index (χ2n) is 2.67. The van der Waals surface area contributed by atoms with Gasteiger partial charge in [0.05, 0.1) is 12.0 Å². The average molecular weight is 175 g/mol. The number of aliphatic hydroxyl groups is 1.